The molecule has 1 N–H and O–H groups in total. The van der Waals surface area contributed by atoms with Gasteiger partial charge in [-0.1, -0.05) is 0 Å². The molecule has 4 rings (SSSR count). The number of rotatable bonds is 4. The summed E-state index contributed by atoms with van der Waals surface area (Å²) in [7, 11) is 0. The van der Waals surface area contributed by atoms with E-state index in [2.05, 4.69) is 36.6 Å². The van der Waals surface area contributed by atoms with Crippen LogP contribution in [0, 0.1) is 6.92 Å². The molecule has 1 fully saturated rings. The van der Waals surface area contributed by atoms with Crippen LogP contribution in [0.15, 0.2) is 35.7 Å². The summed E-state index contributed by atoms with van der Waals surface area (Å²) in [5.41, 5.74) is 3.94. The maximum absolute atomic E-state index is 12.4. The molecule has 2 aliphatic rings. The standard InChI is InChI=1S/C21H24N2O2S/c1-16-7-13-26-20(16)4-5-21(24)23-10-8-22(9-11-23)15-17-2-3-19-18(14-17)6-12-25-19/h2-5,7,13-14H,6,8-12,15H2,1H3/p+1/b5-4+. The van der Waals surface area contributed by atoms with Crippen molar-refractivity contribution < 1.29 is 14.4 Å². The van der Waals surface area contributed by atoms with Gasteiger partial charge in [-0.15, -0.1) is 11.3 Å². The molecule has 0 radical (unpaired) electrons. The predicted octanol–water partition coefficient (Wildman–Crippen LogP) is 1.93. The van der Waals surface area contributed by atoms with E-state index in [1.165, 1.54) is 21.6 Å². The van der Waals surface area contributed by atoms with Gasteiger partial charge in [0.25, 0.3) is 0 Å². The molecule has 0 spiro atoms. The summed E-state index contributed by atoms with van der Waals surface area (Å²) in [6.45, 7) is 7.58. The molecule has 2 aromatic rings. The maximum Gasteiger partial charge on any atom is 0.247 e. The molecule has 136 valence electrons. The molecule has 0 unspecified atom stereocenters. The van der Waals surface area contributed by atoms with Gasteiger partial charge in [0.2, 0.25) is 5.91 Å². The van der Waals surface area contributed by atoms with Crippen LogP contribution in [-0.2, 0) is 17.8 Å². The highest BCUT2D eigenvalue weighted by atomic mass is 32.1. The van der Waals surface area contributed by atoms with Gasteiger partial charge in [-0.25, -0.2) is 0 Å². The second kappa shape index (κ2) is 7.64. The number of nitrogens with zero attached hydrogens (tertiary/aromatic N) is 1. The van der Waals surface area contributed by atoms with Crippen LogP contribution in [0.2, 0.25) is 0 Å². The summed E-state index contributed by atoms with van der Waals surface area (Å²) in [6, 6.07) is 8.66. The third kappa shape index (κ3) is 3.84. The van der Waals surface area contributed by atoms with E-state index in [0.717, 1.165) is 51.5 Å². The fraction of sp³-hybridized carbons (Fsp3) is 0.381. The van der Waals surface area contributed by atoms with Crippen LogP contribution in [0.1, 0.15) is 21.6 Å². The number of quaternary nitrogens is 1. The molecule has 0 saturated carbocycles. The Kier molecular flexibility index (Phi) is 5.09. The van der Waals surface area contributed by atoms with Gasteiger partial charge in [0, 0.05) is 22.9 Å². The van der Waals surface area contributed by atoms with Crippen molar-refractivity contribution >= 4 is 23.3 Å². The Hall–Kier alpha value is -2.11. The molecule has 1 aromatic heterocycles. The smallest absolute Gasteiger partial charge is 0.247 e. The number of hydrogen-bond acceptors (Lipinski definition) is 3. The second-order valence-electron chi connectivity index (χ2n) is 7.09. The molecule has 0 atom stereocenters. The molecule has 0 aliphatic carbocycles. The van der Waals surface area contributed by atoms with Crippen molar-refractivity contribution in [3.05, 3.63) is 57.3 Å². The highest BCUT2D eigenvalue weighted by Crippen LogP contribution is 2.25. The van der Waals surface area contributed by atoms with Crippen LogP contribution in [0.4, 0.5) is 0 Å². The third-order valence-corrected chi connectivity index (χ3v) is 6.25. The summed E-state index contributed by atoms with van der Waals surface area (Å²) in [6.07, 6.45) is 4.70. The van der Waals surface area contributed by atoms with Crippen LogP contribution in [0.3, 0.4) is 0 Å². The Morgan fingerprint density at radius 1 is 1.31 bits per heavy atom. The number of hydrogen-bond donors (Lipinski definition) is 1. The SMILES string of the molecule is Cc1ccsc1/C=C/C(=O)N1CC[NH+](Cc2ccc3c(c2)CCO3)CC1. The number of benzene rings is 1. The van der Waals surface area contributed by atoms with E-state index in [9.17, 15) is 4.79 Å². The average Bonchev–Trinajstić information content (AvgIpc) is 3.28. The molecule has 0 bridgehead atoms. The van der Waals surface area contributed by atoms with Crippen LogP contribution in [-0.4, -0.2) is 43.6 Å². The normalized spacial score (nSPS) is 17.5. The fourth-order valence-electron chi connectivity index (χ4n) is 3.67. The molecule has 3 heterocycles. The minimum Gasteiger partial charge on any atom is -0.493 e. The molecule has 2 aliphatic heterocycles. The van der Waals surface area contributed by atoms with Gasteiger partial charge in [0.1, 0.15) is 12.3 Å². The maximum atomic E-state index is 12.4. The number of aryl methyl sites for hydroxylation is 1. The molecule has 4 nitrogen and oxygen atoms in total. The molecule has 1 saturated heterocycles. The van der Waals surface area contributed by atoms with Crippen LogP contribution in [0.5, 0.6) is 5.75 Å². The largest absolute Gasteiger partial charge is 0.493 e. The zero-order valence-corrected chi connectivity index (χ0v) is 16.0. The Labute approximate surface area is 158 Å². The molecular formula is C21H25N2O2S+. The molecule has 1 amide bonds. The lowest BCUT2D eigenvalue weighted by Gasteiger charge is -2.31. The third-order valence-electron chi connectivity index (χ3n) is 5.27. The lowest BCUT2D eigenvalue weighted by Crippen LogP contribution is -3.13. The van der Waals surface area contributed by atoms with Crippen molar-refractivity contribution in [1.82, 2.24) is 4.90 Å². The Morgan fingerprint density at radius 2 is 2.15 bits per heavy atom. The van der Waals surface area contributed by atoms with E-state index >= 15 is 0 Å². The van der Waals surface area contributed by atoms with Crippen molar-refractivity contribution in [3.63, 3.8) is 0 Å². The van der Waals surface area contributed by atoms with E-state index in [1.54, 1.807) is 22.3 Å². The zero-order valence-electron chi connectivity index (χ0n) is 15.2. The zero-order chi connectivity index (χ0) is 17.9. The van der Waals surface area contributed by atoms with Crippen LogP contribution >= 0.6 is 11.3 Å². The minimum atomic E-state index is 0.131. The number of carbonyl (C=O) groups is 1. The summed E-state index contributed by atoms with van der Waals surface area (Å²) in [4.78, 5) is 17.1. The van der Waals surface area contributed by atoms with Gasteiger partial charge in [-0.3, -0.25) is 4.79 Å². The van der Waals surface area contributed by atoms with Gasteiger partial charge < -0.3 is 14.5 Å². The summed E-state index contributed by atoms with van der Waals surface area (Å²) < 4.78 is 5.58. The number of piperazine rings is 1. The van der Waals surface area contributed by atoms with Gasteiger partial charge in [0.15, 0.2) is 0 Å². The van der Waals surface area contributed by atoms with Gasteiger partial charge in [0.05, 0.1) is 32.8 Å². The molecule has 26 heavy (non-hydrogen) atoms. The average molecular weight is 370 g/mol. The monoisotopic (exact) mass is 369 g/mol. The summed E-state index contributed by atoms with van der Waals surface area (Å²) in [5.74, 6) is 1.18. The number of carbonyl (C=O) groups excluding carboxylic acids is 1. The Morgan fingerprint density at radius 3 is 2.92 bits per heavy atom. The van der Waals surface area contributed by atoms with Crippen LogP contribution in [0.25, 0.3) is 6.08 Å². The van der Waals surface area contributed by atoms with E-state index in [-0.39, 0.29) is 5.91 Å². The fourth-order valence-corrected chi connectivity index (χ4v) is 4.49. The van der Waals surface area contributed by atoms with Gasteiger partial charge in [-0.2, -0.15) is 0 Å². The van der Waals surface area contributed by atoms with E-state index in [4.69, 9.17) is 4.74 Å². The first-order valence-electron chi connectivity index (χ1n) is 9.28. The van der Waals surface area contributed by atoms with Crippen LogP contribution < -0.4 is 9.64 Å². The van der Waals surface area contributed by atoms with E-state index in [1.807, 2.05) is 11.0 Å². The number of amides is 1. The quantitative estimate of drug-likeness (QED) is 0.836. The molecule has 5 heteroatoms. The number of nitrogens with one attached hydrogen (secondary N) is 1. The molecular weight excluding hydrogens is 344 g/mol. The highest BCUT2D eigenvalue weighted by Gasteiger charge is 2.23. The first-order chi connectivity index (χ1) is 12.7. The molecule has 1 aromatic carbocycles. The van der Waals surface area contributed by atoms with Crippen molar-refractivity contribution in [2.24, 2.45) is 0 Å². The van der Waals surface area contributed by atoms with Gasteiger partial charge >= 0.3 is 0 Å². The number of ether oxygens (including phenoxy) is 1. The topological polar surface area (TPSA) is 34.0 Å². The second-order valence-corrected chi connectivity index (χ2v) is 8.04. The minimum absolute atomic E-state index is 0.131. The lowest BCUT2D eigenvalue weighted by molar-refractivity contribution is -0.917. The first-order valence-corrected chi connectivity index (χ1v) is 10.2. The van der Waals surface area contributed by atoms with Crippen molar-refractivity contribution in [2.45, 2.75) is 19.9 Å². The summed E-state index contributed by atoms with van der Waals surface area (Å²) >= 11 is 1.68. The number of thiophene rings is 1. The highest BCUT2D eigenvalue weighted by molar-refractivity contribution is 7.11. The van der Waals surface area contributed by atoms with E-state index in [0.29, 0.717) is 0 Å². The van der Waals surface area contributed by atoms with Crippen molar-refractivity contribution in [3.8, 4) is 5.75 Å². The Bertz CT molecular complexity index is 819. The predicted molar refractivity (Wildman–Crippen MR) is 105 cm³/mol. The van der Waals surface area contributed by atoms with Gasteiger partial charge in [-0.05, 0) is 53.8 Å². The van der Waals surface area contributed by atoms with E-state index < -0.39 is 0 Å². The lowest BCUT2D eigenvalue weighted by atomic mass is 10.1. The number of fused-ring (bicyclic) bond motifs is 1. The first kappa shape index (κ1) is 17.3. The van der Waals surface area contributed by atoms with Crippen molar-refractivity contribution in [1.29, 1.82) is 0 Å². The van der Waals surface area contributed by atoms with Crippen molar-refractivity contribution in [2.75, 3.05) is 32.8 Å². The Balaban J connectivity index is 1.29. The summed E-state index contributed by atoms with van der Waals surface area (Å²) in [5, 5.41) is 2.06.